The summed E-state index contributed by atoms with van der Waals surface area (Å²) < 4.78 is 2.63. The average molecular weight is 312 g/mol. The quantitative estimate of drug-likeness (QED) is 0.794. The lowest BCUT2D eigenvalue weighted by atomic mass is 10.2. The summed E-state index contributed by atoms with van der Waals surface area (Å²) in [5.74, 6) is 0. The first-order chi connectivity index (χ1) is 7.25. The zero-order chi connectivity index (χ0) is 10.7. The van der Waals surface area contributed by atoms with E-state index in [2.05, 4.69) is 27.7 Å². The molecule has 0 saturated carbocycles. The minimum Gasteiger partial charge on any atom is -0.268 e. The maximum Gasteiger partial charge on any atom is 0.267 e. The lowest BCUT2D eigenvalue weighted by Crippen LogP contribution is -2.21. The molecule has 0 aliphatic carbocycles. The molecule has 0 bridgehead atoms. The van der Waals surface area contributed by atoms with Gasteiger partial charge < -0.3 is 0 Å². The van der Waals surface area contributed by atoms with E-state index in [0.717, 1.165) is 5.56 Å². The minimum absolute atomic E-state index is 0.0731. The van der Waals surface area contributed by atoms with Gasteiger partial charge in [-0.3, -0.25) is 4.79 Å². The summed E-state index contributed by atoms with van der Waals surface area (Å²) in [6.07, 6.45) is 1.62. The Kier molecular flexibility index (Phi) is 3.15. The summed E-state index contributed by atoms with van der Waals surface area (Å²) in [5.41, 5.74) is 1.01. The molecule has 0 radical (unpaired) electrons. The van der Waals surface area contributed by atoms with Crippen LogP contribution in [0.1, 0.15) is 5.56 Å². The number of hydrogen-bond donors (Lipinski definition) is 0. The predicted octanol–water partition coefficient (Wildman–Crippen LogP) is 1.90. The molecule has 3 nitrogen and oxygen atoms in total. The molecule has 0 atom stereocenters. The molecule has 76 valence electrons. The summed E-state index contributed by atoms with van der Waals surface area (Å²) in [4.78, 5) is 11.4. The van der Waals surface area contributed by atoms with Crippen LogP contribution in [0.25, 0.3) is 0 Å². The van der Waals surface area contributed by atoms with Crippen molar-refractivity contribution >= 4 is 22.6 Å². The molecular formula is C11H9IN2O. The standard InChI is InChI=1S/C11H9IN2O/c12-10-5-3-9(4-6-10)8-14-11(15)2-1-7-13-14/h1-7H,8H2. The topological polar surface area (TPSA) is 34.9 Å². The van der Waals surface area contributed by atoms with Gasteiger partial charge >= 0.3 is 0 Å². The molecule has 1 aromatic carbocycles. The van der Waals surface area contributed by atoms with E-state index in [1.54, 1.807) is 12.3 Å². The van der Waals surface area contributed by atoms with Crippen molar-refractivity contribution in [2.75, 3.05) is 0 Å². The molecule has 0 aliphatic rings. The number of aromatic nitrogens is 2. The first kappa shape index (κ1) is 10.4. The molecule has 1 heterocycles. The Hall–Kier alpha value is -1.17. The molecule has 15 heavy (non-hydrogen) atoms. The Morgan fingerprint density at radius 1 is 1.20 bits per heavy atom. The lowest BCUT2D eigenvalue weighted by Gasteiger charge is -2.03. The van der Waals surface area contributed by atoms with Gasteiger partial charge in [0.2, 0.25) is 0 Å². The van der Waals surface area contributed by atoms with Crippen molar-refractivity contribution in [3.63, 3.8) is 0 Å². The molecule has 0 saturated heterocycles. The van der Waals surface area contributed by atoms with Gasteiger partial charge in [0.1, 0.15) is 0 Å². The van der Waals surface area contributed by atoms with Gasteiger partial charge in [-0.05, 0) is 46.4 Å². The SMILES string of the molecule is O=c1cccnn1Cc1ccc(I)cc1. The Morgan fingerprint density at radius 3 is 2.60 bits per heavy atom. The van der Waals surface area contributed by atoms with E-state index in [1.807, 2.05) is 24.3 Å². The van der Waals surface area contributed by atoms with Crippen LogP contribution < -0.4 is 5.56 Å². The molecule has 1 aromatic heterocycles. The summed E-state index contributed by atoms with van der Waals surface area (Å²) in [6, 6.07) is 11.2. The van der Waals surface area contributed by atoms with E-state index in [0.29, 0.717) is 6.54 Å². The highest BCUT2D eigenvalue weighted by atomic mass is 127. The van der Waals surface area contributed by atoms with Crippen molar-refractivity contribution in [3.05, 3.63) is 62.1 Å². The van der Waals surface area contributed by atoms with Gasteiger partial charge in [-0.1, -0.05) is 12.1 Å². The van der Waals surface area contributed by atoms with Crippen LogP contribution in [0.3, 0.4) is 0 Å². The van der Waals surface area contributed by atoms with E-state index in [1.165, 1.54) is 14.3 Å². The highest BCUT2D eigenvalue weighted by molar-refractivity contribution is 14.1. The fourth-order valence-electron chi connectivity index (χ4n) is 1.27. The first-order valence-corrected chi connectivity index (χ1v) is 5.60. The molecule has 2 rings (SSSR count). The summed E-state index contributed by atoms with van der Waals surface area (Å²) >= 11 is 2.25. The van der Waals surface area contributed by atoms with E-state index in [-0.39, 0.29) is 5.56 Å². The van der Waals surface area contributed by atoms with Gasteiger partial charge in [-0.2, -0.15) is 5.10 Å². The fraction of sp³-hybridized carbons (Fsp3) is 0.0909. The number of halogens is 1. The van der Waals surface area contributed by atoms with Gasteiger partial charge in [0, 0.05) is 15.8 Å². The predicted molar refractivity (Wildman–Crippen MR) is 66.8 cm³/mol. The van der Waals surface area contributed by atoms with Gasteiger partial charge in [-0.15, -0.1) is 0 Å². The van der Waals surface area contributed by atoms with Crippen LogP contribution >= 0.6 is 22.6 Å². The van der Waals surface area contributed by atoms with E-state index in [9.17, 15) is 4.79 Å². The van der Waals surface area contributed by atoms with Gasteiger partial charge in [0.15, 0.2) is 0 Å². The monoisotopic (exact) mass is 312 g/mol. The third kappa shape index (κ3) is 2.65. The summed E-state index contributed by atoms with van der Waals surface area (Å²) in [7, 11) is 0. The highest BCUT2D eigenvalue weighted by Gasteiger charge is 1.97. The van der Waals surface area contributed by atoms with Crippen LogP contribution in [0.4, 0.5) is 0 Å². The normalized spacial score (nSPS) is 10.2. The zero-order valence-electron chi connectivity index (χ0n) is 7.93. The van der Waals surface area contributed by atoms with E-state index >= 15 is 0 Å². The molecule has 0 amide bonds. The third-order valence-corrected chi connectivity index (χ3v) is 2.75. The largest absolute Gasteiger partial charge is 0.268 e. The maximum absolute atomic E-state index is 11.4. The zero-order valence-corrected chi connectivity index (χ0v) is 10.1. The van der Waals surface area contributed by atoms with Crippen LogP contribution in [-0.4, -0.2) is 9.78 Å². The molecular weight excluding hydrogens is 303 g/mol. The van der Waals surface area contributed by atoms with Gasteiger partial charge in [-0.25, -0.2) is 4.68 Å². The molecule has 0 aliphatic heterocycles. The Bertz CT molecular complexity index is 504. The molecule has 0 fully saturated rings. The average Bonchev–Trinajstić information content (AvgIpc) is 2.25. The van der Waals surface area contributed by atoms with Crippen LogP contribution in [-0.2, 0) is 6.54 Å². The van der Waals surface area contributed by atoms with Crippen molar-refractivity contribution in [1.82, 2.24) is 9.78 Å². The second-order valence-corrected chi connectivity index (χ2v) is 4.39. The Labute approximate surface area is 101 Å². The van der Waals surface area contributed by atoms with Gasteiger partial charge in [0.05, 0.1) is 6.54 Å². The number of hydrogen-bond acceptors (Lipinski definition) is 2. The molecule has 4 heteroatoms. The smallest absolute Gasteiger partial charge is 0.267 e. The maximum atomic E-state index is 11.4. The minimum atomic E-state index is -0.0731. The lowest BCUT2D eigenvalue weighted by molar-refractivity contribution is 0.639. The van der Waals surface area contributed by atoms with Crippen molar-refractivity contribution in [1.29, 1.82) is 0 Å². The van der Waals surface area contributed by atoms with E-state index in [4.69, 9.17) is 0 Å². The molecule has 0 unspecified atom stereocenters. The van der Waals surface area contributed by atoms with E-state index < -0.39 is 0 Å². The number of rotatable bonds is 2. The number of benzene rings is 1. The Balaban J connectivity index is 2.26. The third-order valence-electron chi connectivity index (χ3n) is 2.03. The summed E-state index contributed by atoms with van der Waals surface area (Å²) in [5, 5.41) is 4.00. The summed E-state index contributed by atoms with van der Waals surface area (Å²) in [6.45, 7) is 0.524. The molecule has 0 spiro atoms. The molecule has 2 aromatic rings. The number of nitrogens with zero attached hydrogens (tertiary/aromatic N) is 2. The van der Waals surface area contributed by atoms with Crippen molar-refractivity contribution in [3.8, 4) is 0 Å². The second-order valence-electron chi connectivity index (χ2n) is 3.15. The second kappa shape index (κ2) is 4.57. The Morgan fingerprint density at radius 2 is 1.93 bits per heavy atom. The first-order valence-electron chi connectivity index (χ1n) is 4.52. The van der Waals surface area contributed by atoms with Crippen LogP contribution in [0.15, 0.2) is 47.4 Å². The van der Waals surface area contributed by atoms with Crippen LogP contribution in [0.2, 0.25) is 0 Å². The van der Waals surface area contributed by atoms with Crippen LogP contribution in [0, 0.1) is 3.57 Å². The molecule has 0 N–H and O–H groups in total. The highest BCUT2D eigenvalue weighted by Crippen LogP contribution is 2.06. The van der Waals surface area contributed by atoms with Crippen molar-refractivity contribution in [2.24, 2.45) is 0 Å². The van der Waals surface area contributed by atoms with Crippen LogP contribution in [0.5, 0.6) is 0 Å². The van der Waals surface area contributed by atoms with Crippen molar-refractivity contribution in [2.45, 2.75) is 6.54 Å². The van der Waals surface area contributed by atoms with Crippen molar-refractivity contribution < 1.29 is 0 Å². The fourth-order valence-corrected chi connectivity index (χ4v) is 1.63. The van der Waals surface area contributed by atoms with Gasteiger partial charge in [0.25, 0.3) is 5.56 Å².